The van der Waals surface area contributed by atoms with Crippen LogP contribution in [0.5, 0.6) is 0 Å². The number of benzene rings is 3. The quantitative estimate of drug-likeness (QED) is 0.405. The molecule has 3 aromatic carbocycles. The normalized spacial score (nSPS) is 11.5. The molecule has 0 atom stereocenters. The van der Waals surface area contributed by atoms with Gasteiger partial charge in [0.2, 0.25) is 15.9 Å². The Kier molecular flexibility index (Phi) is 6.60. The summed E-state index contributed by atoms with van der Waals surface area (Å²) < 4.78 is 26.3. The van der Waals surface area contributed by atoms with Gasteiger partial charge < -0.3 is 10.2 Å². The summed E-state index contributed by atoms with van der Waals surface area (Å²) in [6, 6.07) is 18.0. The summed E-state index contributed by atoms with van der Waals surface area (Å²) in [5.41, 5.74) is 3.41. The summed E-state index contributed by atoms with van der Waals surface area (Å²) in [6.07, 6.45) is 1.69. The van der Waals surface area contributed by atoms with Crippen LogP contribution in [0.3, 0.4) is 0 Å². The SMILES string of the molecule is CN(C)c1cccc(Cn2cc3c(S(N)(=O)=O)cc(NC(=O)Cc4ccccc4Cl)cc3n2)c1. The Bertz CT molecular complexity index is 1480. The van der Waals surface area contributed by atoms with Gasteiger partial charge in [0.05, 0.1) is 23.4 Å². The van der Waals surface area contributed by atoms with E-state index in [0.29, 0.717) is 28.0 Å². The smallest absolute Gasteiger partial charge is 0.238 e. The lowest BCUT2D eigenvalue weighted by atomic mass is 10.1. The zero-order valence-corrected chi connectivity index (χ0v) is 20.3. The summed E-state index contributed by atoms with van der Waals surface area (Å²) in [5, 5.41) is 13.6. The average molecular weight is 498 g/mol. The topological polar surface area (TPSA) is 110 Å². The van der Waals surface area contributed by atoms with Crippen molar-refractivity contribution in [3.8, 4) is 0 Å². The van der Waals surface area contributed by atoms with E-state index in [1.165, 1.54) is 6.07 Å². The van der Waals surface area contributed by atoms with E-state index in [-0.39, 0.29) is 22.9 Å². The van der Waals surface area contributed by atoms with Crippen LogP contribution in [0.1, 0.15) is 11.1 Å². The van der Waals surface area contributed by atoms with Crippen LogP contribution in [-0.2, 0) is 27.8 Å². The largest absolute Gasteiger partial charge is 0.378 e. The molecule has 0 bridgehead atoms. The van der Waals surface area contributed by atoms with Crippen molar-refractivity contribution in [2.24, 2.45) is 5.14 Å². The van der Waals surface area contributed by atoms with Crippen LogP contribution >= 0.6 is 11.6 Å². The van der Waals surface area contributed by atoms with Gasteiger partial charge in [-0.3, -0.25) is 9.48 Å². The highest BCUT2D eigenvalue weighted by molar-refractivity contribution is 7.89. The van der Waals surface area contributed by atoms with E-state index >= 15 is 0 Å². The van der Waals surface area contributed by atoms with Crippen molar-refractivity contribution in [2.75, 3.05) is 24.3 Å². The van der Waals surface area contributed by atoms with E-state index in [9.17, 15) is 13.2 Å². The number of sulfonamides is 1. The number of nitrogens with zero attached hydrogens (tertiary/aromatic N) is 3. The van der Waals surface area contributed by atoms with Gasteiger partial charge in [-0.1, -0.05) is 41.9 Å². The number of carbonyl (C=O) groups is 1. The molecule has 8 nitrogen and oxygen atoms in total. The zero-order valence-electron chi connectivity index (χ0n) is 18.7. The number of aromatic nitrogens is 2. The van der Waals surface area contributed by atoms with Crippen molar-refractivity contribution in [3.63, 3.8) is 0 Å². The number of amides is 1. The van der Waals surface area contributed by atoms with Crippen molar-refractivity contribution in [1.29, 1.82) is 0 Å². The summed E-state index contributed by atoms with van der Waals surface area (Å²) in [5.74, 6) is -0.340. The van der Waals surface area contributed by atoms with E-state index in [4.69, 9.17) is 16.7 Å². The number of halogens is 1. The van der Waals surface area contributed by atoms with E-state index in [0.717, 1.165) is 11.3 Å². The molecule has 0 aliphatic carbocycles. The Balaban J connectivity index is 1.65. The summed E-state index contributed by atoms with van der Waals surface area (Å²) >= 11 is 6.14. The third kappa shape index (κ3) is 5.39. The minimum absolute atomic E-state index is 0.0407. The molecule has 4 rings (SSSR count). The molecule has 1 heterocycles. The average Bonchev–Trinajstić information content (AvgIpc) is 3.16. The Morgan fingerprint density at radius 3 is 2.59 bits per heavy atom. The number of primary sulfonamides is 1. The molecule has 0 saturated carbocycles. The van der Waals surface area contributed by atoms with Crippen molar-refractivity contribution < 1.29 is 13.2 Å². The van der Waals surface area contributed by atoms with Crippen LogP contribution in [0, 0.1) is 0 Å². The van der Waals surface area contributed by atoms with Crippen LogP contribution in [0.4, 0.5) is 11.4 Å². The van der Waals surface area contributed by atoms with Crippen molar-refractivity contribution in [3.05, 3.63) is 83.0 Å². The second kappa shape index (κ2) is 9.46. The lowest BCUT2D eigenvalue weighted by Gasteiger charge is -2.13. The molecule has 0 fully saturated rings. The van der Waals surface area contributed by atoms with E-state index in [2.05, 4.69) is 10.4 Å². The molecule has 1 amide bonds. The van der Waals surface area contributed by atoms with E-state index in [1.807, 2.05) is 43.3 Å². The highest BCUT2D eigenvalue weighted by Crippen LogP contribution is 2.27. The van der Waals surface area contributed by atoms with Gasteiger partial charge in [0.1, 0.15) is 0 Å². The lowest BCUT2D eigenvalue weighted by molar-refractivity contribution is -0.115. The fourth-order valence-corrected chi connectivity index (χ4v) is 4.63. The van der Waals surface area contributed by atoms with Crippen molar-refractivity contribution in [1.82, 2.24) is 9.78 Å². The molecule has 0 radical (unpaired) electrons. The first kappa shape index (κ1) is 23.7. The number of nitrogens with two attached hydrogens (primary N) is 1. The maximum Gasteiger partial charge on any atom is 0.238 e. The van der Waals surface area contributed by atoms with E-state index in [1.54, 1.807) is 41.2 Å². The fraction of sp³-hybridized carbons (Fsp3) is 0.167. The predicted octanol–water partition coefficient (Wildman–Crippen LogP) is 3.63. The molecule has 1 aromatic heterocycles. The van der Waals surface area contributed by atoms with Crippen LogP contribution in [0.2, 0.25) is 5.02 Å². The van der Waals surface area contributed by atoms with Crippen LogP contribution in [0.15, 0.2) is 71.8 Å². The molecular weight excluding hydrogens is 474 g/mol. The Morgan fingerprint density at radius 1 is 1.12 bits per heavy atom. The molecule has 0 spiro atoms. The third-order valence-electron chi connectivity index (χ3n) is 5.31. The van der Waals surface area contributed by atoms with Gasteiger partial charge >= 0.3 is 0 Å². The maximum absolute atomic E-state index is 12.6. The number of fused-ring (bicyclic) bond motifs is 1. The van der Waals surface area contributed by atoms with Crippen molar-refractivity contribution in [2.45, 2.75) is 17.9 Å². The maximum atomic E-state index is 12.6. The first-order valence-corrected chi connectivity index (χ1v) is 12.4. The number of hydrogen-bond acceptors (Lipinski definition) is 5. The van der Waals surface area contributed by atoms with Gasteiger partial charge in [-0.15, -0.1) is 0 Å². The molecule has 176 valence electrons. The monoisotopic (exact) mass is 497 g/mol. The second-order valence-corrected chi connectivity index (χ2v) is 10.1. The predicted molar refractivity (Wildman–Crippen MR) is 135 cm³/mol. The Morgan fingerprint density at radius 2 is 1.88 bits per heavy atom. The molecule has 34 heavy (non-hydrogen) atoms. The van der Waals surface area contributed by atoms with Gasteiger partial charge in [0.15, 0.2) is 0 Å². The summed E-state index contributed by atoms with van der Waals surface area (Å²) in [6.45, 7) is 0.439. The molecule has 0 aliphatic rings. The molecular formula is C24H24ClN5O3S. The number of anilines is 2. The van der Waals surface area contributed by atoms with Gasteiger partial charge in [-0.2, -0.15) is 5.10 Å². The molecule has 3 N–H and O–H groups in total. The Hall–Kier alpha value is -3.40. The number of carbonyl (C=O) groups excluding carboxylic acids is 1. The summed E-state index contributed by atoms with van der Waals surface area (Å²) in [4.78, 5) is 14.5. The second-order valence-electron chi connectivity index (χ2n) is 8.16. The number of nitrogens with one attached hydrogen (secondary N) is 1. The molecule has 0 unspecified atom stereocenters. The van der Waals surface area contributed by atoms with Gasteiger partial charge in [0.25, 0.3) is 0 Å². The highest BCUT2D eigenvalue weighted by atomic mass is 35.5. The van der Waals surface area contributed by atoms with E-state index < -0.39 is 10.0 Å². The van der Waals surface area contributed by atoms with Crippen LogP contribution < -0.4 is 15.4 Å². The molecule has 0 saturated heterocycles. The highest BCUT2D eigenvalue weighted by Gasteiger charge is 2.18. The number of hydrogen-bond donors (Lipinski definition) is 2. The van der Waals surface area contributed by atoms with Crippen LogP contribution in [0.25, 0.3) is 10.9 Å². The lowest BCUT2D eigenvalue weighted by Crippen LogP contribution is -2.16. The first-order valence-electron chi connectivity index (χ1n) is 10.4. The minimum Gasteiger partial charge on any atom is -0.378 e. The molecule has 4 aromatic rings. The molecule has 0 aliphatic heterocycles. The Labute approximate surface area is 203 Å². The van der Waals surface area contributed by atoms with Crippen molar-refractivity contribution >= 4 is 49.8 Å². The fourth-order valence-electron chi connectivity index (χ4n) is 3.67. The molecule has 10 heteroatoms. The van der Waals surface area contributed by atoms with Gasteiger partial charge in [-0.25, -0.2) is 13.6 Å². The van der Waals surface area contributed by atoms with Crippen LogP contribution in [-0.4, -0.2) is 38.2 Å². The van der Waals surface area contributed by atoms with Gasteiger partial charge in [-0.05, 0) is 41.5 Å². The summed E-state index contributed by atoms with van der Waals surface area (Å²) in [7, 11) is -0.144. The standard InChI is InChI=1S/C24H24ClN5O3S/c1-29(2)19-8-5-6-16(10-19)14-30-15-20-22(28-30)12-18(13-23(20)34(26,32)33)27-24(31)11-17-7-3-4-9-21(17)25/h3-10,12-13,15H,11,14H2,1-2H3,(H,27,31)(H2,26,32,33). The minimum atomic E-state index is -4.06. The number of rotatable bonds is 7. The zero-order chi connectivity index (χ0) is 24.5. The first-order chi connectivity index (χ1) is 16.1. The third-order valence-corrected chi connectivity index (χ3v) is 6.62. The van der Waals surface area contributed by atoms with Gasteiger partial charge in [0, 0.05) is 42.1 Å².